The Hall–Kier alpha value is -1.76. The molecule has 2 aromatic rings. The van der Waals surface area contributed by atoms with Crippen LogP contribution in [0.2, 0.25) is 0 Å². The zero-order valence-corrected chi connectivity index (χ0v) is 18.3. The number of aromatic nitrogens is 1. The largest absolute Gasteiger partial charge is 0.297 e. The molecule has 152 valence electrons. The van der Waals surface area contributed by atoms with Crippen molar-refractivity contribution >= 4 is 22.4 Å². The standard InChI is InChI=1S/C22H32N4OS/c1-5-26(18(4)27)22-23-21(16-28-22)15-25-12-10-24(11-13-25)14-19-6-8-20(9-7-19)17(2)3/h6-9,16-17H,5,10-15H2,1-4H3. The first-order chi connectivity index (χ1) is 13.5. The van der Waals surface area contributed by atoms with Crippen LogP contribution in [0.1, 0.15) is 50.4 Å². The predicted octanol–water partition coefficient (Wildman–Crippen LogP) is 3.96. The number of hydrogen-bond acceptors (Lipinski definition) is 5. The number of hydrogen-bond donors (Lipinski definition) is 0. The second kappa shape index (κ2) is 9.63. The number of benzene rings is 1. The lowest BCUT2D eigenvalue weighted by Gasteiger charge is -2.34. The molecule has 6 heteroatoms. The van der Waals surface area contributed by atoms with Crippen molar-refractivity contribution in [1.82, 2.24) is 14.8 Å². The van der Waals surface area contributed by atoms with E-state index in [0.717, 1.165) is 50.1 Å². The second-order valence-electron chi connectivity index (χ2n) is 7.83. The Morgan fingerprint density at radius 2 is 1.71 bits per heavy atom. The van der Waals surface area contributed by atoms with Crippen molar-refractivity contribution in [3.05, 3.63) is 46.5 Å². The summed E-state index contributed by atoms with van der Waals surface area (Å²) in [5, 5.41) is 2.90. The maximum absolute atomic E-state index is 11.7. The maximum Gasteiger partial charge on any atom is 0.225 e. The van der Waals surface area contributed by atoms with Gasteiger partial charge in [-0.05, 0) is 24.0 Å². The SMILES string of the molecule is CCN(C(C)=O)c1nc(CN2CCN(Cc3ccc(C(C)C)cc3)CC2)cs1. The van der Waals surface area contributed by atoms with E-state index in [1.165, 1.54) is 11.1 Å². The number of carbonyl (C=O) groups excluding carboxylic acids is 1. The number of anilines is 1. The molecule has 0 radical (unpaired) electrons. The molecule has 1 aromatic heterocycles. The molecule has 28 heavy (non-hydrogen) atoms. The van der Waals surface area contributed by atoms with Gasteiger partial charge < -0.3 is 0 Å². The summed E-state index contributed by atoms with van der Waals surface area (Å²) in [6.07, 6.45) is 0. The third-order valence-corrected chi connectivity index (χ3v) is 6.28. The molecule has 1 saturated heterocycles. The van der Waals surface area contributed by atoms with Gasteiger partial charge in [0.1, 0.15) is 0 Å². The van der Waals surface area contributed by atoms with Gasteiger partial charge in [-0.2, -0.15) is 0 Å². The minimum absolute atomic E-state index is 0.0541. The van der Waals surface area contributed by atoms with Gasteiger partial charge in [0, 0.05) is 58.1 Å². The van der Waals surface area contributed by atoms with Crippen molar-refractivity contribution in [1.29, 1.82) is 0 Å². The van der Waals surface area contributed by atoms with Crippen molar-refractivity contribution in [2.45, 2.75) is 46.7 Å². The van der Waals surface area contributed by atoms with E-state index in [0.29, 0.717) is 12.5 Å². The number of piperazine rings is 1. The van der Waals surface area contributed by atoms with Gasteiger partial charge in [-0.25, -0.2) is 4.98 Å². The zero-order chi connectivity index (χ0) is 20.1. The van der Waals surface area contributed by atoms with Crippen molar-refractivity contribution in [3.63, 3.8) is 0 Å². The van der Waals surface area contributed by atoms with Gasteiger partial charge >= 0.3 is 0 Å². The Labute approximate surface area is 173 Å². The Morgan fingerprint density at radius 3 is 2.25 bits per heavy atom. The Kier molecular flexibility index (Phi) is 7.21. The highest BCUT2D eigenvalue weighted by atomic mass is 32.1. The van der Waals surface area contributed by atoms with Crippen LogP contribution in [0.4, 0.5) is 5.13 Å². The first-order valence-electron chi connectivity index (χ1n) is 10.2. The van der Waals surface area contributed by atoms with Gasteiger partial charge in [0.2, 0.25) is 5.91 Å². The number of carbonyl (C=O) groups is 1. The minimum Gasteiger partial charge on any atom is -0.297 e. The molecule has 0 atom stereocenters. The van der Waals surface area contributed by atoms with Crippen LogP contribution in [0.15, 0.2) is 29.6 Å². The highest BCUT2D eigenvalue weighted by Crippen LogP contribution is 2.22. The summed E-state index contributed by atoms with van der Waals surface area (Å²) in [6.45, 7) is 14.9. The summed E-state index contributed by atoms with van der Waals surface area (Å²) >= 11 is 1.56. The molecule has 0 N–H and O–H groups in total. The lowest BCUT2D eigenvalue weighted by atomic mass is 10.0. The molecule has 1 aliphatic heterocycles. The molecule has 0 saturated carbocycles. The van der Waals surface area contributed by atoms with Crippen LogP contribution in [0.25, 0.3) is 0 Å². The van der Waals surface area contributed by atoms with E-state index in [1.54, 1.807) is 23.2 Å². The topological polar surface area (TPSA) is 39.7 Å². The van der Waals surface area contributed by atoms with Crippen molar-refractivity contribution in [3.8, 4) is 0 Å². The van der Waals surface area contributed by atoms with E-state index < -0.39 is 0 Å². The van der Waals surface area contributed by atoms with Crippen LogP contribution in [0.3, 0.4) is 0 Å². The Morgan fingerprint density at radius 1 is 1.11 bits per heavy atom. The minimum atomic E-state index is 0.0541. The Balaban J connectivity index is 1.48. The van der Waals surface area contributed by atoms with Crippen LogP contribution in [-0.4, -0.2) is 53.4 Å². The molecular formula is C22H32N4OS. The number of thiazole rings is 1. The predicted molar refractivity (Wildman–Crippen MR) is 117 cm³/mol. The number of amides is 1. The molecule has 1 fully saturated rings. The molecule has 0 bridgehead atoms. The fourth-order valence-electron chi connectivity index (χ4n) is 3.59. The molecule has 1 aromatic carbocycles. The third-order valence-electron chi connectivity index (χ3n) is 5.37. The van der Waals surface area contributed by atoms with E-state index in [2.05, 4.69) is 58.3 Å². The molecule has 5 nitrogen and oxygen atoms in total. The Bertz CT molecular complexity index is 763. The first kappa shape index (κ1) is 21.0. The van der Waals surface area contributed by atoms with Gasteiger partial charge in [0.25, 0.3) is 0 Å². The number of rotatable bonds is 7. The molecule has 0 aliphatic carbocycles. The average molecular weight is 401 g/mol. The molecule has 1 amide bonds. The zero-order valence-electron chi connectivity index (χ0n) is 17.5. The molecule has 2 heterocycles. The van der Waals surface area contributed by atoms with Crippen LogP contribution >= 0.6 is 11.3 Å². The van der Waals surface area contributed by atoms with Crippen LogP contribution in [-0.2, 0) is 17.9 Å². The molecular weight excluding hydrogens is 368 g/mol. The van der Waals surface area contributed by atoms with E-state index >= 15 is 0 Å². The van der Waals surface area contributed by atoms with Gasteiger partial charge in [-0.15, -0.1) is 11.3 Å². The van der Waals surface area contributed by atoms with Crippen LogP contribution < -0.4 is 4.90 Å². The second-order valence-corrected chi connectivity index (χ2v) is 8.67. The summed E-state index contributed by atoms with van der Waals surface area (Å²) < 4.78 is 0. The third kappa shape index (κ3) is 5.40. The smallest absolute Gasteiger partial charge is 0.225 e. The van der Waals surface area contributed by atoms with E-state index in [9.17, 15) is 4.79 Å². The summed E-state index contributed by atoms with van der Waals surface area (Å²) in [4.78, 5) is 23.1. The van der Waals surface area contributed by atoms with Crippen molar-refractivity contribution < 1.29 is 4.79 Å². The highest BCUT2D eigenvalue weighted by molar-refractivity contribution is 7.14. The quantitative estimate of drug-likeness (QED) is 0.705. The van der Waals surface area contributed by atoms with Crippen LogP contribution in [0.5, 0.6) is 0 Å². The average Bonchev–Trinajstić information content (AvgIpc) is 3.12. The van der Waals surface area contributed by atoms with Gasteiger partial charge in [0.05, 0.1) is 5.69 Å². The van der Waals surface area contributed by atoms with Gasteiger partial charge in [0.15, 0.2) is 5.13 Å². The fourth-order valence-corrected chi connectivity index (χ4v) is 4.51. The summed E-state index contributed by atoms with van der Waals surface area (Å²) in [5.74, 6) is 0.641. The summed E-state index contributed by atoms with van der Waals surface area (Å²) in [5.41, 5.74) is 3.87. The molecule has 1 aliphatic rings. The van der Waals surface area contributed by atoms with Gasteiger partial charge in [-0.3, -0.25) is 19.5 Å². The fraction of sp³-hybridized carbons (Fsp3) is 0.545. The molecule has 0 spiro atoms. The first-order valence-corrected chi connectivity index (χ1v) is 11.1. The van der Waals surface area contributed by atoms with Crippen molar-refractivity contribution in [2.24, 2.45) is 0 Å². The van der Waals surface area contributed by atoms with Crippen molar-refractivity contribution in [2.75, 3.05) is 37.6 Å². The number of nitrogens with zero attached hydrogens (tertiary/aromatic N) is 4. The van der Waals surface area contributed by atoms with Crippen LogP contribution in [0, 0.1) is 0 Å². The van der Waals surface area contributed by atoms with E-state index in [-0.39, 0.29) is 5.91 Å². The lowest BCUT2D eigenvalue weighted by molar-refractivity contribution is -0.116. The monoisotopic (exact) mass is 400 g/mol. The normalized spacial score (nSPS) is 15.9. The summed E-state index contributed by atoms with van der Waals surface area (Å²) in [7, 11) is 0. The summed E-state index contributed by atoms with van der Waals surface area (Å²) in [6, 6.07) is 9.06. The highest BCUT2D eigenvalue weighted by Gasteiger charge is 2.19. The van der Waals surface area contributed by atoms with Gasteiger partial charge in [-0.1, -0.05) is 38.1 Å². The lowest BCUT2D eigenvalue weighted by Crippen LogP contribution is -2.45. The van der Waals surface area contributed by atoms with E-state index in [1.807, 2.05) is 6.92 Å². The molecule has 3 rings (SSSR count). The molecule has 0 unspecified atom stereocenters. The maximum atomic E-state index is 11.7. The van der Waals surface area contributed by atoms with E-state index in [4.69, 9.17) is 0 Å².